The Morgan fingerprint density at radius 1 is 1.38 bits per heavy atom. The van der Waals surface area contributed by atoms with Crippen molar-refractivity contribution in [2.75, 3.05) is 0 Å². The van der Waals surface area contributed by atoms with Crippen LogP contribution in [0.15, 0.2) is 27.6 Å². The zero-order valence-corrected chi connectivity index (χ0v) is 13.0. The van der Waals surface area contributed by atoms with Gasteiger partial charge < -0.3 is 9.26 Å². The highest BCUT2D eigenvalue weighted by Crippen LogP contribution is 2.38. The number of halogens is 2. The molecule has 0 amide bonds. The van der Waals surface area contributed by atoms with Crippen LogP contribution in [0.2, 0.25) is 5.02 Å². The molecule has 112 valence electrons. The molecule has 0 bridgehead atoms. The standard InChI is InChI=1S/C12H10Cl2N2O4S/c13-9-5-8(21(14,17)18)3-4-10(9)19-6-11-15-12(20-16-11)7-1-2-7/h3-5,7H,1-2,6H2. The Labute approximate surface area is 130 Å². The molecule has 1 saturated carbocycles. The van der Waals surface area contributed by atoms with Gasteiger partial charge in [-0.15, -0.1) is 0 Å². The van der Waals surface area contributed by atoms with Gasteiger partial charge in [0.1, 0.15) is 5.75 Å². The minimum absolute atomic E-state index is 0.0860. The molecule has 6 nitrogen and oxygen atoms in total. The molecule has 1 aromatic heterocycles. The van der Waals surface area contributed by atoms with Crippen molar-refractivity contribution >= 4 is 31.3 Å². The van der Waals surface area contributed by atoms with E-state index in [4.69, 9.17) is 31.5 Å². The number of hydrogen-bond donors (Lipinski definition) is 0. The van der Waals surface area contributed by atoms with Gasteiger partial charge in [-0.1, -0.05) is 16.8 Å². The Bertz CT molecular complexity index is 771. The second-order valence-electron chi connectivity index (χ2n) is 4.64. The largest absolute Gasteiger partial charge is 0.484 e. The molecular weight excluding hydrogens is 339 g/mol. The van der Waals surface area contributed by atoms with Gasteiger partial charge in [-0.05, 0) is 31.0 Å². The first-order chi connectivity index (χ1) is 9.93. The SMILES string of the molecule is O=S(=O)(Cl)c1ccc(OCc2noc(C3CC3)n2)c(Cl)c1. The van der Waals surface area contributed by atoms with Crippen LogP contribution in [0.5, 0.6) is 5.75 Å². The molecule has 9 heteroatoms. The van der Waals surface area contributed by atoms with Crippen LogP contribution in [0.25, 0.3) is 0 Å². The molecule has 0 saturated heterocycles. The molecule has 1 fully saturated rings. The maximum absolute atomic E-state index is 11.2. The number of aromatic nitrogens is 2. The summed E-state index contributed by atoms with van der Waals surface area (Å²) in [6, 6.07) is 3.97. The topological polar surface area (TPSA) is 82.3 Å². The van der Waals surface area contributed by atoms with Crippen molar-refractivity contribution in [3.8, 4) is 5.75 Å². The molecule has 1 aliphatic carbocycles. The van der Waals surface area contributed by atoms with Gasteiger partial charge in [0.15, 0.2) is 6.61 Å². The number of ether oxygens (including phenoxy) is 1. The van der Waals surface area contributed by atoms with Crippen LogP contribution in [-0.4, -0.2) is 18.6 Å². The molecule has 0 radical (unpaired) electrons. The molecule has 0 unspecified atom stereocenters. The molecule has 0 N–H and O–H groups in total. The van der Waals surface area contributed by atoms with Crippen molar-refractivity contribution in [3.05, 3.63) is 34.9 Å². The lowest BCUT2D eigenvalue weighted by Gasteiger charge is -2.06. The first-order valence-corrected chi connectivity index (χ1v) is 8.82. The summed E-state index contributed by atoms with van der Waals surface area (Å²) in [6.45, 7) is 0.0862. The van der Waals surface area contributed by atoms with Crippen molar-refractivity contribution in [1.29, 1.82) is 0 Å². The van der Waals surface area contributed by atoms with E-state index in [2.05, 4.69) is 10.1 Å². The van der Waals surface area contributed by atoms with Gasteiger partial charge in [-0.3, -0.25) is 0 Å². The van der Waals surface area contributed by atoms with Crippen molar-refractivity contribution < 1.29 is 17.7 Å². The van der Waals surface area contributed by atoms with E-state index < -0.39 is 9.05 Å². The van der Waals surface area contributed by atoms with Crippen LogP contribution >= 0.6 is 22.3 Å². The van der Waals surface area contributed by atoms with Crippen molar-refractivity contribution in [1.82, 2.24) is 10.1 Å². The van der Waals surface area contributed by atoms with Crippen LogP contribution < -0.4 is 4.74 Å². The molecule has 0 atom stereocenters. The fraction of sp³-hybridized carbons (Fsp3) is 0.333. The van der Waals surface area contributed by atoms with Gasteiger partial charge >= 0.3 is 0 Å². The van der Waals surface area contributed by atoms with Crippen LogP contribution in [0.3, 0.4) is 0 Å². The fourth-order valence-corrected chi connectivity index (χ4v) is 2.79. The zero-order chi connectivity index (χ0) is 15.0. The van der Waals surface area contributed by atoms with Gasteiger partial charge in [-0.25, -0.2) is 8.42 Å². The maximum atomic E-state index is 11.2. The van der Waals surface area contributed by atoms with Crippen LogP contribution in [0.1, 0.15) is 30.5 Å². The zero-order valence-electron chi connectivity index (χ0n) is 10.6. The predicted octanol–water partition coefficient (Wildman–Crippen LogP) is 3.11. The Kier molecular flexibility index (Phi) is 3.81. The minimum atomic E-state index is -3.82. The van der Waals surface area contributed by atoms with Crippen molar-refractivity contribution in [2.45, 2.75) is 30.3 Å². The van der Waals surface area contributed by atoms with Gasteiger partial charge in [0.25, 0.3) is 9.05 Å². The van der Waals surface area contributed by atoms with E-state index in [-0.39, 0.29) is 16.5 Å². The number of hydrogen-bond acceptors (Lipinski definition) is 6. The quantitative estimate of drug-likeness (QED) is 0.772. The lowest BCUT2D eigenvalue weighted by Crippen LogP contribution is -1.99. The van der Waals surface area contributed by atoms with Crippen LogP contribution in [0.4, 0.5) is 0 Å². The van der Waals surface area contributed by atoms with Gasteiger partial charge in [-0.2, -0.15) is 4.98 Å². The first-order valence-electron chi connectivity index (χ1n) is 6.13. The Morgan fingerprint density at radius 3 is 2.76 bits per heavy atom. The average molecular weight is 349 g/mol. The van der Waals surface area contributed by atoms with E-state index in [1.165, 1.54) is 18.2 Å². The van der Waals surface area contributed by atoms with Gasteiger partial charge in [0, 0.05) is 16.6 Å². The predicted molar refractivity (Wildman–Crippen MR) is 75.1 cm³/mol. The molecule has 1 heterocycles. The van der Waals surface area contributed by atoms with E-state index >= 15 is 0 Å². The lowest BCUT2D eigenvalue weighted by atomic mass is 10.3. The van der Waals surface area contributed by atoms with Gasteiger partial charge in [0.2, 0.25) is 11.7 Å². The summed E-state index contributed by atoms with van der Waals surface area (Å²) >= 11 is 5.95. The fourth-order valence-electron chi connectivity index (χ4n) is 1.71. The third kappa shape index (κ3) is 3.48. The van der Waals surface area contributed by atoms with Crippen LogP contribution in [-0.2, 0) is 15.7 Å². The van der Waals surface area contributed by atoms with Gasteiger partial charge in [0.05, 0.1) is 9.92 Å². The van der Waals surface area contributed by atoms with E-state index in [1.54, 1.807) is 0 Å². The highest BCUT2D eigenvalue weighted by molar-refractivity contribution is 8.13. The molecule has 0 spiro atoms. The summed E-state index contributed by atoms with van der Waals surface area (Å²) < 4.78 is 32.9. The third-order valence-electron chi connectivity index (χ3n) is 2.95. The Hall–Kier alpha value is -1.31. The Morgan fingerprint density at radius 2 is 2.14 bits per heavy atom. The highest BCUT2D eigenvalue weighted by atomic mass is 35.7. The van der Waals surface area contributed by atoms with Crippen molar-refractivity contribution in [3.63, 3.8) is 0 Å². The molecule has 0 aliphatic heterocycles. The van der Waals surface area contributed by atoms with E-state index in [0.717, 1.165) is 12.8 Å². The summed E-state index contributed by atoms with van der Waals surface area (Å²) in [4.78, 5) is 4.12. The smallest absolute Gasteiger partial charge is 0.261 e. The molecule has 2 aromatic rings. The summed E-state index contributed by atoms with van der Waals surface area (Å²) in [6.07, 6.45) is 2.14. The third-order valence-corrected chi connectivity index (χ3v) is 4.60. The Balaban J connectivity index is 1.69. The lowest BCUT2D eigenvalue weighted by molar-refractivity contribution is 0.285. The summed E-state index contributed by atoms with van der Waals surface area (Å²) in [5, 5.41) is 3.95. The van der Waals surface area contributed by atoms with Crippen LogP contribution in [0, 0.1) is 0 Å². The second kappa shape index (κ2) is 5.47. The van der Waals surface area contributed by atoms with E-state index in [9.17, 15) is 8.42 Å². The average Bonchev–Trinajstić information content (AvgIpc) is 3.16. The number of benzene rings is 1. The molecule has 1 aliphatic rings. The second-order valence-corrected chi connectivity index (χ2v) is 7.62. The summed E-state index contributed by atoms with van der Waals surface area (Å²) in [7, 11) is 1.42. The summed E-state index contributed by atoms with van der Waals surface area (Å²) in [5.41, 5.74) is 0. The molecule has 21 heavy (non-hydrogen) atoms. The summed E-state index contributed by atoms with van der Waals surface area (Å²) in [5.74, 6) is 1.74. The first kappa shape index (κ1) is 14.6. The highest BCUT2D eigenvalue weighted by Gasteiger charge is 2.29. The van der Waals surface area contributed by atoms with Crippen molar-refractivity contribution in [2.24, 2.45) is 0 Å². The molecule has 3 rings (SSSR count). The minimum Gasteiger partial charge on any atom is -0.484 e. The number of nitrogens with zero attached hydrogens (tertiary/aromatic N) is 2. The normalized spacial score (nSPS) is 15.1. The maximum Gasteiger partial charge on any atom is 0.261 e. The number of rotatable bonds is 5. The van der Waals surface area contributed by atoms with E-state index in [1.807, 2.05) is 0 Å². The molecule has 1 aromatic carbocycles. The molecular formula is C12H10Cl2N2O4S. The monoisotopic (exact) mass is 348 g/mol. The van der Waals surface area contributed by atoms with E-state index in [0.29, 0.717) is 23.4 Å².